The molecule has 9 heteroatoms. The van der Waals surface area contributed by atoms with Gasteiger partial charge in [0, 0.05) is 44.7 Å². The van der Waals surface area contributed by atoms with Gasteiger partial charge in [0.1, 0.15) is 11.9 Å². The molecule has 2 aromatic heterocycles. The maximum absolute atomic E-state index is 12.6. The van der Waals surface area contributed by atoms with Crippen LogP contribution in [0.5, 0.6) is 5.75 Å². The number of aromatic nitrogens is 3. The Morgan fingerprint density at radius 3 is 2.65 bits per heavy atom. The van der Waals surface area contributed by atoms with Gasteiger partial charge in [0.05, 0.1) is 18.8 Å². The van der Waals surface area contributed by atoms with E-state index in [1.54, 1.807) is 36.1 Å². The molecule has 1 aliphatic rings. The Balaban J connectivity index is 1.57. The second kappa shape index (κ2) is 8.97. The number of ether oxygens (including phenoxy) is 2. The van der Waals surface area contributed by atoms with Gasteiger partial charge in [-0.3, -0.25) is 14.3 Å². The maximum Gasteiger partial charge on any atom is 0.412 e. The van der Waals surface area contributed by atoms with E-state index in [0.29, 0.717) is 37.1 Å². The molecule has 0 radical (unpaired) electrons. The van der Waals surface area contributed by atoms with Gasteiger partial charge in [-0.25, -0.2) is 9.78 Å². The topological polar surface area (TPSA) is 98.6 Å². The summed E-state index contributed by atoms with van der Waals surface area (Å²) in [6.45, 7) is 1.65. The van der Waals surface area contributed by atoms with Crippen molar-refractivity contribution in [2.45, 2.75) is 6.10 Å². The summed E-state index contributed by atoms with van der Waals surface area (Å²) in [5, 5.41) is 2.41. The fourth-order valence-corrected chi connectivity index (χ4v) is 3.42. The molecule has 0 saturated carbocycles. The number of amides is 1. The summed E-state index contributed by atoms with van der Waals surface area (Å²) in [6, 6.07) is 12.4. The zero-order valence-corrected chi connectivity index (χ0v) is 17.3. The van der Waals surface area contributed by atoms with E-state index < -0.39 is 6.09 Å². The lowest BCUT2D eigenvalue weighted by molar-refractivity contribution is 0.0389. The molecule has 31 heavy (non-hydrogen) atoms. The Kier molecular flexibility index (Phi) is 5.94. The Morgan fingerprint density at radius 2 is 1.94 bits per heavy atom. The van der Waals surface area contributed by atoms with Crippen LogP contribution in [0.2, 0.25) is 0 Å². The number of carbonyl (C=O) groups is 1. The van der Waals surface area contributed by atoms with Crippen molar-refractivity contribution >= 4 is 12.0 Å². The molecule has 1 amide bonds. The predicted octanol–water partition coefficient (Wildman–Crippen LogP) is 2.14. The molecule has 1 fully saturated rings. The van der Waals surface area contributed by atoms with Crippen molar-refractivity contribution in [3.63, 3.8) is 0 Å². The van der Waals surface area contributed by atoms with E-state index in [1.807, 2.05) is 24.3 Å². The first-order valence-corrected chi connectivity index (χ1v) is 9.89. The average Bonchev–Trinajstić information content (AvgIpc) is 2.82. The van der Waals surface area contributed by atoms with Crippen molar-refractivity contribution < 1.29 is 14.3 Å². The second-order valence-corrected chi connectivity index (χ2v) is 7.09. The van der Waals surface area contributed by atoms with Crippen molar-refractivity contribution in [2.24, 2.45) is 7.05 Å². The molecule has 0 bridgehead atoms. The lowest BCUT2D eigenvalue weighted by Crippen LogP contribution is -2.41. The van der Waals surface area contributed by atoms with Crippen molar-refractivity contribution in [2.75, 3.05) is 31.6 Å². The number of anilines is 1. The van der Waals surface area contributed by atoms with Gasteiger partial charge in [-0.2, -0.15) is 0 Å². The number of benzene rings is 1. The predicted molar refractivity (Wildman–Crippen MR) is 115 cm³/mol. The van der Waals surface area contributed by atoms with E-state index in [9.17, 15) is 9.59 Å². The van der Waals surface area contributed by atoms with E-state index in [4.69, 9.17) is 14.5 Å². The molecule has 160 valence electrons. The number of morpholine rings is 1. The van der Waals surface area contributed by atoms with E-state index in [0.717, 1.165) is 11.1 Å². The van der Waals surface area contributed by atoms with E-state index in [1.165, 1.54) is 13.1 Å². The Bertz CT molecular complexity index is 1110. The third-order valence-corrected chi connectivity index (χ3v) is 5.10. The van der Waals surface area contributed by atoms with Crippen LogP contribution < -0.4 is 20.5 Å². The standard InChI is InChI=1S/C22H23N5O4/c1-23-22(29)31-17-5-3-16(4-6-17)19-14-27(11-12-30-19)21-25-18(13-20(28)26(21)2)15-7-9-24-10-8-15/h3-10,13,19H,11-12,14H2,1-2H3,(H,23,29). The first-order chi connectivity index (χ1) is 15.0. The van der Waals surface area contributed by atoms with Gasteiger partial charge < -0.3 is 19.7 Å². The van der Waals surface area contributed by atoms with Gasteiger partial charge in [-0.1, -0.05) is 12.1 Å². The van der Waals surface area contributed by atoms with Gasteiger partial charge >= 0.3 is 6.09 Å². The number of rotatable bonds is 4. The quantitative estimate of drug-likeness (QED) is 0.689. The van der Waals surface area contributed by atoms with E-state index >= 15 is 0 Å². The Morgan fingerprint density at radius 1 is 1.19 bits per heavy atom. The molecular formula is C22H23N5O4. The van der Waals surface area contributed by atoms with Crippen LogP contribution in [0.25, 0.3) is 11.3 Å². The number of nitrogens with one attached hydrogen (secondary N) is 1. The van der Waals surface area contributed by atoms with Crippen LogP contribution in [0.15, 0.2) is 59.7 Å². The van der Waals surface area contributed by atoms with Crippen LogP contribution in [0.1, 0.15) is 11.7 Å². The minimum Gasteiger partial charge on any atom is -0.410 e. The molecule has 1 aliphatic heterocycles. The minimum atomic E-state index is -0.520. The summed E-state index contributed by atoms with van der Waals surface area (Å²) in [5.74, 6) is 1.04. The normalized spacial score (nSPS) is 16.1. The smallest absolute Gasteiger partial charge is 0.410 e. The lowest BCUT2D eigenvalue weighted by Gasteiger charge is -2.34. The van der Waals surface area contributed by atoms with Crippen LogP contribution in [0.4, 0.5) is 10.7 Å². The second-order valence-electron chi connectivity index (χ2n) is 7.09. The molecule has 3 aromatic rings. The summed E-state index contributed by atoms with van der Waals surface area (Å²) in [4.78, 5) is 34.8. The zero-order valence-electron chi connectivity index (χ0n) is 17.3. The van der Waals surface area contributed by atoms with E-state index in [2.05, 4.69) is 15.2 Å². The fraction of sp³-hybridized carbons (Fsp3) is 0.273. The Labute approximate surface area is 179 Å². The molecule has 1 unspecified atom stereocenters. The molecule has 0 spiro atoms. The highest BCUT2D eigenvalue weighted by Gasteiger charge is 2.25. The van der Waals surface area contributed by atoms with E-state index in [-0.39, 0.29) is 11.7 Å². The molecule has 4 rings (SSSR count). The van der Waals surface area contributed by atoms with Crippen LogP contribution in [-0.4, -0.2) is 47.4 Å². The molecule has 0 aliphatic carbocycles. The monoisotopic (exact) mass is 421 g/mol. The van der Waals surface area contributed by atoms with Crippen molar-refractivity contribution in [1.29, 1.82) is 0 Å². The SMILES string of the molecule is CNC(=O)Oc1ccc(C2CN(c3nc(-c4ccncc4)cc(=O)n3C)CCO2)cc1. The van der Waals surface area contributed by atoms with Gasteiger partial charge in [0.2, 0.25) is 5.95 Å². The van der Waals surface area contributed by atoms with Gasteiger partial charge in [0.15, 0.2) is 0 Å². The van der Waals surface area contributed by atoms with Gasteiger partial charge in [-0.05, 0) is 29.8 Å². The van der Waals surface area contributed by atoms with Crippen LogP contribution in [0, 0.1) is 0 Å². The number of pyridine rings is 1. The largest absolute Gasteiger partial charge is 0.412 e. The highest BCUT2D eigenvalue weighted by Crippen LogP contribution is 2.27. The highest BCUT2D eigenvalue weighted by molar-refractivity contribution is 5.69. The number of hydrogen-bond acceptors (Lipinski definition) is 7. The summed E-state index contributed by atoms with van der Waals surface area (Å²) in [6.07, 6.45) is 2.63. The van der Waals surface area contributed by atoms with Gasteiger partial charge in [-0.15, -0.1) is 0 Å². The van der Waals surface area contributed by atoms with Gasteiger partial charge in [0.25, 0.3) is 5.56 Å². The summed E-state index contributed by atoms with van der Waals surface area (Å²) in [5.41, 5.74) is 2.27. The molecule has 1 aromatic carbocycles. The minimum absolute atomic E-state index is 0.129. The first-order valence-electron chi connectivity index (χ1n) is 9.89. The fourth-order valence-electron chi connectivity index (χ4n) is 3.42. The lowest BCUT2D eigenvalue weighted by atomic mass is 10.1. The molecular weight excluding hydrogens is 398 g/mol. The molecule has 1 atom stereocenters. The summed E-state index contributed by atoms with van der Waals surface area (Å²) >= 11 is 0. The molecule has 3 heterocycles. The van der Waals surface area contributed by atoms with Crippen molar-refractivity contribution in [3.05, 3.63) is 70.8 Å². The first kappa shape index (κ1) is 20.5. The summed E-state index contributed by atoms with van der Waals surface area (Å²) in [7, 11) is 3.22. The molecule has 1 N–H and O–H groups in total. The van der Waals surface area contributed by atoms with Crippen LogP contribution in [-0.2, 0) is 11.8 Å². The third kappa shape index (κ3) is 4.56. The Hall–Kier alpha value is -3.72. The zero-order chi connectivity index (χ0) is 21.8. The number of nitrogens with zero attached hydrogens (tertiary/aromatic N) is 4. The van der Waals surface area contributed by atoms with Crippen LogP contribution >= 0.6 is 0 Å². The third-order valence-electron chi connectivity index (χ3n) is 5.10. The maximum atomic E-state index is 12.6. The van der Waals surface area contributed by atoms with Crippen molar-refractivity contribution in [1.82, 2.24) is 19.9 Å². The highest BCUT2D eigenvalue weighted by atomic mass is 16.6. The number of hydrogen-bond donors (Lipinski definition) is 1. The van der Waals surface area contributed by atoms with Crippen LogP contribution in [0.3, 0.4) is 0 Å². The summed E-state index contributed by atoms with van der Waals surface area (Å²) < 4.78 is 12.6. The van der Waals surface area contributed by atoms with Crippen molar-refractivity contribution in [3.8, 4) is 17.0 Å². The number of carbonyl (C=O) groups excluding carboxylic acids is 1. The molecule has 1 saturated heterocycles. The average molecular weight is 421 g/mol. The molecule has 9 nitrogen and oxygen atoms in total.